The van der Waals surface area contributed by atoms with Gasteiger partial charge in [-0.1, -0.05) is 55.8 Å². The molecule has 11 heteroatoms. The van der Waals surface area contributed by atoms with Crippen molar-refractivity contribution in [3.8, 4) is 0 Å². The summed E-state index contributed by atoms with van der Waals surface area (Å²) in [4.78, 5) is 20.3. The first-order chi connectivity index (χ1) is 18.2. The summed E-state index contributed by atoms with van der Waals surface area (Å²) in [5.41, 5.74) is 3.75. The number of aliphatic imine (C=N–C) groups is 2. The lowest BCUT2D eigenvalue weighted by atomic mass is 9.92. The number of benzene rings is 2. The van der Waals surface area contributed by atoms with Crippen LogP contribution >= 0.6 is 15.9 Å². The summed E-state index contributed by atoms with van der Waals surface area (Å²) in [5, 5.41) is 0. The van der Waals surface area contributed by atoms with Crippen LogP contribution in [0.2, 0.25) is 0 Å². The van der Waals surface area contributed by atoms with Gasteiger partial charge in [0.25, 0.3) is 0 Å². The lowest BCUT2D eigenvalue weighted by molar-refractivity contribution is -0.139. The number of carbonyl (C=O) groups excluding carboxylic acids is 1. The number of amidine groups is 1. The van der Waals surface area contributed by atoms with Crippen LogP contribution in [0, 0.1) is 13.8 Å². The van der Waals surface area contributed by atoms with Crippen molar-refractivity contribution in [2.24, 2.45) is 15.7 Å². The third kappa shape index (κ3) is 8.86. The second-order valence-corrected chi connectivity index (χ2v) is 8.85. The van der Waals surface area contributed by atoms with Gasteiger partial charge in [-0.3, -0.25) is 15.5 Å². The zero-order chi connectivity index (χ0) is 30.1. The zero-order valence-electron chi connectivity index (χ0n) is 22.6. The SMILES string of the molecule is CC.CC.Cc1cc(C(/C=C(\F)c2ccc(C(=O)C3=NCCC=N3)c(C(N)(F)F)c2)C(F)(F)F)cc(Br)c1C. The average molecular weight is 620 g/mol. The quantitative estimate of drug-likeness (QED) is 0.199. The van der Waals surface area contributed by atoms with Gasteiger partial charge in [0.1, 0.15) is 11.7 Å². The number of Topliss-reactive ketones (excluding diaryl/α,β-unsaturated/α-hetero) is 1. The maximum absolute atomic E-state index is 15.1. The predicted molar refractivity (Wildman–Crippen MR) is 148 cm³/mol. The minimum atomic E-state index is -4.87. The van der Waals surface area contributed by atoms with Crippen LogP contribution in [0.15, 0.2) is 50.9 Å². The fraction of sp³-hybridized carbons (Fsp3) is 0.393. The molecular weight excluding hydrogens is 588 g/mol. The molecule has 4 nitrogen and oxygen atoms in total. The lowest BCUT2D eigenvalue weighted by Crippen LogP contribution is -2.29. The van der Waals surface area contributed by atoms with Crippen LogP contribution in [0.25, 0.3) is 5.83 Å². The molecule has 1 heterocycles. The number of aryl methyl sites for hydroxylation is 1. The molecule has 0 saturated heterocycles. The number of rotatable bonds is 6. The van der Waals surface area contributed by atoms with Crippen LogP contribution in [0.1, 0.15) is 78.2 Å². The van der Waals surface area contributed by atoms with Crippen LogP contribution in [0.5, 0.6) is 0 Å². The summed E-state index contributed by atoms with van der Waals surface area (Å²) >= 11 is 3.20. The monoisotopic (exact) mass is 619 g/mol. The van der Waals surface area contributed by atoms with Gasteiger partial charge in [-0.15, -0.1) is 0 Å². The molecule has 39 heavy (non-hydrogen) atoms. The Morgan fingerprint density at radius 3 is 2.15 bits per heavy atom. The Labute approximate surface area is 233 Å². The number of hydrogen-bond acceptors (Lipinski definition) is 4. The Morgan fingerprint density at radius 2 is 1.67 bits per heavy atom. The van der Waals surface area contributed by atoms with Crippen molar-refractivity contribution < 1.29 is 31.1 Å². The number of allylic oxidation sites excluding steroid dienone is 1. The maximum Gasteiger partial charge on any atom is 0.399 e. The van der Waals surface area contributed by atoms with E-state index in [1.807, 2.05) is 27.7 Å². The smallest absolute Gasteiger partial charge is 0.285 e. The normalized spacial score (nSPS) is 14.4. The molecule has 0 fully saturated rings. The highest BCUT2D eigenvalue weighted by Crippen LogP contribution is 2.40. The van der Waals surface area contributed by atoms with Gasteiger partial charge in [0.2, 0.25) is 5.78 Å². The van der Waals surface area contributed by atoms with Crippen molar-refractivity contribution in [3.05, 3.63) is 74.3 Å². The minimum Gasteiger partial charge on any atom is -0.285 e. The van der Waals surface area contributed by atoms with E-state index in [0.717, 1.165) is 17.7 Å². The molecule has 0 saturated carbocycles. The molecule has 2 N–H and O–H groups in total. The maximum atomic E-state index is 15.1. The molecule has 1 atom stereocenters. The number of hydrogen-bond donors (Lipinski definition) is 1. The first-order valence-corrected chi connectivity index (χ1v) is 13.1. The van der Waals surface area contributed by atoms with E-state index < -0.39 is 46.4 Å². The van der Waals surface area contributed by atoms with E-state index >= 15 is 4.39 Å². The van der Waals surface area contributed by atoms with E-state index in [4.69, 9.17) is 5.73 Å². The van der Waals surface area contributed by atoms with Gasteiger partial charge in [0.05, 0.1) is 0 Å². The van der Waals surface area contributed by atoms with Crippen molar-refractivity contribution in [1.82, 2.24) is 0 Å². The molecule has 3 rings (SSSR count). The van der Waals surface area contributed by atoms with Crippen molar-refractivity contribution in [1.29, 1.82) is 0 Å². The van der Waals surface area contributed by atoms with Gasteiger partial charge in [0, 0.05) is 40.3 Å². The second-order valence-electron chi connectivity index (χ2n) is 8.00. The van der Waals surface area contributed by atoms with E-state index in [1.165, 1.54) is 18.3 Å². The summed E-state index contributed by atoms with van der Waals surface area (Å²) in [6.07, 6.45) is -2.68. The molecule has 0 spiro atoms. The number of ketones is 1. The van der Waals surface area contributed by atoms with Gasteiger partial charge in [-0.05, 0) is 54.8 Å². The van der Waals surface area contributed by atoms with Crippen molar-refractivity contribution >= 4 is 39.6 Å². The Balaban J connectivity index is 0.00000181. The Morgan fingerprint density at radius 1 is 1.05 bits per heavy atom. The Kier molecular flexibility index (Phi) is 12.8. The van der Waals surface area contributed by atoms with Gasteiger partial charge in [0.15, 0.2) is 5.84 Å². The van der Waals surface area contributed by atoms with E-state index in [2.05, 4.69) is 25.9 Å². The first-order valence-electron chi connectivity index (χ1n) is 12.3. The van der Waals surface area contributed by atoms with E-state index in [0.29, 0.717) is 28.6 Å². The first kappa shape index (κ1) is 34.2. The number of halogens is 7. The molecule has 214 valence electrons. The molecule has 0 radical (unpaired) electrons. The highest BCUT2D eigenvalue weighted by Gasteiger charge is 2.40. The second kappa shape index (κ2) is 14.6. The summed E-state index contributed by atoms with van der Waals surface area (Å²) in [5.74, 6) is -5.03. The summed E-state index contributed by atoms with van der Waals surface area (Å²) < 4.78 is 85.3. The molecule has 1 unspecified atom stereocenters. The van der Waals surface area contributed by atoms with Gasteiger partial charge in [-0.25, -0.2) is 9.38 Å². The minimum absolute atomic E-state index is 0.230. The summed E-state index contributed by atoms with van der Waals surface area (Å²) in [6, 6.07) is 0.818. The zero-order valence-corrected chi connectivity index (χ0v) is 24.1. The molecule has 0 amide bonds. The molecule has 1 aliphatic heterocycles. The Hall–Kier alpha value is -2.79. The average Bonchev–Trinajstić information content (AvgIpc) is 2.90. The standard InChI is InChI=1S/C24H20BrF6N3O.2C2H6/c1-12-8-15(10-19(25)13(12)2)17(23(27,28)29)11-20(26)14-4-5-16(18(9-14)24(30,31)32)21(35)22-33-6-3-7-34-22;2*1-2/h4-6,8-11,17H,3,7,32H2,1-2H3;2*1-2H3/b20-11-;;. The van der Waals surface area contributed by atoms with Crippen LogP contribution in [0.3, 0.4) is 0 Å². The van der Waals surface area contributed by atoms with E-state index in [1.54, 1.807) is 13.8 Å². The molecule has 0 aromatic heterocycles. The van der Waals surface area contributed by atoms with E-state index in [-0.39, 0.29) is 17.9 Å². The lowest BCUT2D eigenvalue weighted by Gasteiger charge is -2.20. The number of alkyl halides is 5. The summed E-state index contributed by atoms with van der Waals surface area (Å²) in [7, 11) is 0. The molecule has 1 aliphatic rings. The molecular formula is C28H32BrF6N3O. The molecule has 0 bridgehead atoms. The van der Waals surface area contributed by atoms with Crippen LogP contribution in [-0.4, -0.2) is 30.6 Å². The van der Waals surface area contributed by atoms with Gasteiger partial charge in [-0.2, -0.15) is 22.0 Å². The third-order valence-electron chi connectivity index (χ3n) is 5.49. The molecule has 2 aromatic carbocycles. The highest BCUT2D eigenvalue weighted by atomic mass is 79.9. The van der Waals surface area contributed by atoms with E-state index in [9.17, 15) is 26.7 Å². The fourth-order valence-electron chi connectivity index (χ4n) is 3.48. The van der Waals surface area contributed by atoms with Crippen molar-refractivity contribution in [2.75, 3.05) is 6.54 Å². The summed E-state index contributed by atoms with van der Waals surface area (Å²) in [6.45, 7) is 11.6. The van der Waals surface area contributed by atoms with Crippen molar-refractivity contribution in [2.45, 2.75) is 66.1 Å². The predicted octanol–water partition coefficient (Wildman–Crippen LogP) is 8.84. The topological polar surface area (TPSA) is 67.8 Å². The third-order valence-corrected chi connectivity index (χ3v) is 6.31. The number of nitrogens with zero attached hydrogens (tertiary/aromatic N) is 2. The number of nitrogens with two attached hydrogens (primary N) is 1. The van der Waals surface area contributed by atoms with Crippen LogP contribution in [0.4, 0.5) is 26.3 Å². The fourth-order valence-corrected chi connectivity index (χ4v) is 4.06. The van der Waals surface area contributed by atoms with Crippen LogP contribution in [-0.2, 0) is 6.05 Å². The molecule has 2 aromatic rings. The highest BCUT2D eigenvalue weighted by molar-refractivity contribution is 9.10. The van der Waals surface area contributed by atoms with Crippen LogP contribution < -0.4 is 5.73 Å². The largest absolute Gasteiger partial charge is 0.399 e. The number of carbonyl (C=O) groups is 1. The van der Waals surface area contributed by atoms with Gasteiger partial charge >= 0.3 is 12.2 Å². The van der Waals surface area contributed by atoms with Gasteiger partial charge < -0.3 is 0 Å². The molecule has 0 aliphatic carbocycles. The Bertz CT molecular complexity index is 1220. The van der Waals surface area contributed by atoms with Crippen molar-refractivity contribution in [3.63, 3.8) is 0 Å².